The second-order valence-corrected chi connectivity index (χ2v) is 4.35. The molecule has 1 aromatic rings. The molecule has 0 bridgehead atoms. The Labute approximate surface area is 130 Å². The van der Waals surface area contributed by atoms with E-state index in [0.29, 0.717) is 0 Å². The van der Waals surface area contributed by atoms with Crippen molar-refractivity contribution in [3.8, 4) is 5.75 Å². The Morgan fingerprint density at radius 2 is 2.13 bits per heavy atom. The Balaban J connectivity index is 1.86. The van der Waals surface area contributed by atoms with Crippen molar-refractivity contribution in [2.24, 2.45) is 0 Å². The van der Waals surface area contributed by atoms with E-state index >= 15 is 0 Å². The Morgan fingerprint density at radius 1 is 1.39 bits per heavy atom. The van der Waals surface area contributed by atoms with Crippen molar-refractivity contribution in [2.75, 3.05) is 20.5 Å². The van der Waals surface area contributed by atoms with E-state index in [-0.39, 0.29) is 24.8 Å². The molecule has 1 atom stereocenters. The van der Waals surface area contributed by atoms with Gasteiger partial charge in [0.15, 0.2) is 0 Å². The lowest BCUT2D eigenvalue weighted by Gasteiger charge is -2.25. The number of methoxy groups -OCH3 is 1. The highest BCUT2D eigenvalue weighted by molar-refractivity contribution is 5.64. The molecule has 0 saturated carbocycles. The standard InChI is InChI=1S/C13H14N2O8/c1-19-9-21-13(6-7-22-14-13)8-20-12(16)23-11-4-2-10(3-5-11)15(17)18/h2-7,14H,8-9H2,1H3. The van der Waals surface area contributed by atoms with Crippen molar-refractivity contribution >= 4 is 11.8 Å². The van der Waals surface area contributed by atoms with Gasteiger partial charge in [0.05, 0.1) is 4.92 Å². The SMILES string of the molecule is COCOC1(COC(=O)Oc2ccc([N+](=O)[O-])cc2)C=CON1. The lowest BCUT2D eigenvalue weighted by atomic mass is 10.2. The molecular weight excluding hydrogens is 312 g/mol. The van der Waals surface area contributed by atoms with E-state index in [4.69, 9.17) is 23.8 Å². The van der Waals surface area contributed by atoms with Gasteiger partial charge < -0.3 is 23.8 Å². The fourth-order valence-corrected chi connectivity index (χ4v) is 1.60. The maximum atomic E-state index is 11.6. The Kier molecular flexibility index (Phi) is 5.46. The summed E-state index contributed by atoms with van der Waals surface area (Å²) in [4.78, 5) is 26.5. The number of ether oxygens (including phenoxy) is 4. The number of nitrogens with one attached hydrogen (secondary N) is 1. The van der Waals surface area contributed by atoms with Gasteiger partial charge in [-0.25, -0.2) is 4.79 Å². The molecule has 1 aliphatic rings. The summed E-state index contributed by atoms with van der Waals surface area (Å²) in [5, 5.41) is 10.5. The third-order valence-electron chi connectivity index (χ3n) is 2.72. The van der Waals surface area contributed by atoms with E-state index in [1.54, 1.807) is 0 Å². The van der Waals surface area contributed by atoms with E-state index in [0.717, 1.165) is 0 Å². The van der Waals surface area contributed by atoms with E-state index in [2.05, 4.69) is 5.48 Å². The predicted octanol–water partition coefficient (Wildman–Crippen LogP) is 1.48. The number of nitrogens with zero attached hydrogens (tertiary/aromatic N) is 1. The fourth-order valence-electron chi connectivity index (χ4n) is 1.60. The van der Waals surface area contributed by atoms with E-state index < -0.39 is 16.8 Å². The first-order chi connectivity index (χ1) is 11.0. The molecule has 1 aromatic carbocycles. The van der Waals surface area contributed by atoms with Gasteiger partial charge in [-0.1, -0.05) is 0 Å². The van der Waals surface area contributed by atoms with Crippen LogP contribution in [0.5, 0.6) is 5.75 Å². The molecule has 1 unspecified atom stereocenters. The average Bonchev–Trinajstić information content (AvgIpc) is 3.01. The van der Waals surface area contributed by atoms with Gasteiger partial charge in [0.1, 0.15) is 25.4 Å². The number of hydroxylamine groups is 1. The van der Waals surface area contributed by atoms with Crippen LogP contribution in [-0.4, -0.2) is 37.3 Å². The Morgan fingerprint density at radius 3 is 2.70 bits per heavy atom. The quantitative estimate of drug-likeness (QED) is 0.261. The number of benzene rings is 1. The first-order valence-electron chi connectivity index (χ1n) is 6.37. The smallest absolute Gasteiger partial charge is 0.429 e. The van der Waals surface area contributed by atoms with Gasteiger partial charge in [0.25, 0.3) is 5.69 Å². The third kappa shape index (κ3) is 4.64. The maximum absolute atomic E-state index is 11.6. The second-order valence-electron chi connectivity index (χ2n) is 4.35. The number of hydrogen-bond acceptors (Lipinski definition) is 9. The average molecular weight is 326 g/mol. The number of nitro groups is 1. The van der Waals surface area contributed by atoms with E-state index in [9.17, 15) is 14.9 Å². The minimum absolute atomic E-state index is 0.0541. The molecule has 0 amide bonds. The van der Waals surface area contributed by atoms with Crippen LogP contribution >= 0.6 is 0 Å². The summed E-state index contributed by atoms with van der Waals surface area (Å²) in [6.45, 7) is -0.292. The number of hydrogen-bond donors (Lipinski definition) is 1. The molecule has 0 radical (unpaired) electrons. The van der Waals surface area contributed by atoms with Crippen molar-refractivity contribution in [1.29, 1.82) is 0 Å². The van der Waals surface area contributed by atoms with Crippen molar-refractivity contribution in [1.82, 2.24) is 5.48 Å². The van der Waals surface area contributed by atoms with Crippen LogP contribution in [0.3, 0.4) is 0 Å². The number of non-ortho nitro benzene ring substituents is 1. The highest BCUT2D eigenvalue weighted by atomic mass is 16.8. The molecular formula is C13H14N2O8. The van der Waals surface area contributed by atoms with Crippen molar-refractivity contribution < 1.29 is 33.5 Å². The summed E-state index contributed by atoms with van der Waals surface area (Å²) in [6.07, 6.45) is 1.84. The first kappa shape index (κ1) is 16.7. The molecule has 10 nitrogen and oxygen atoms in total. The van der Waals surface area contributed by atoms with Gasteiger partial charge in [0, 0.05) is 25.3 Å². The van der Waals surface area contributed by atoms with Crippen molar-refractivity contribution in [3.63, 3.8) is 0 Å². The number of carbonyl (C=O) groups excluding carboxylic acids is 1. The number of rotatable bonds is 7. The summed E-state index contributed by atoms with van der Waals surface area (Å²) >= 11 is 0. The molecule has 124 valence electrons. The largest absolute Gasteiger partial charge is 0.514 e. The summed E-state index contributed by atoms with van der Waals surface area (Å²) in [5.41, 5.74) is 1.23. The van der Waals surface area contributed by atoms with Crippen LogP contribution in [0.15, 0.2) is 36.6 Å². The van der Waals surface area contributed by atoms with Gasteiger partial charge in [-0.15, -0.1) is 5.48 Å². The minimum atomic E-state index is -1.18. The number of nitro benzene ring substituents is 1. The first-order valence-corrected chi connectivity index (χ1v) is 6.37. The molecule has 0 spiro atoms. The van der Waals surface area contributed by atoms with Crippen LogP contribution in [0.1, 0.15) is 0 Å². The molecule has 2 rings (SSSR count). The lowest BCUT2D eigenvalue weighted by Crippen LogP contribution is -2.47. The topological polar surface area (TPSA) is 118 Å². The summed E-state index contributed by atoms with van der Waals surface area (Å²) in [7, 11) is 1.44. The molecule has 10 heteroatoms. The van der Waals surface area contributed by atoms with Gasteiger partial charge in [-0.2, -0.15) is 0 Å². The zero-order chi connectivity index (χ0) is 16.7. The van der Waals surface area contributed by atoms with Gasteiger partial charge in [0.2, 0.25) is 5.72 Å². The Bertz CT molecular complexity index is 588. The highest BCUT2D eigenvalue weighted by Crippen LogP contribution is 2.19. The van der Waals surface area contributed by atoms with Crippen LogP contribution in [0.4, 0.5) is 10.5 Å². The minimum Gasteiger partial charge on any atom is -0.429 e. The molecule has 1 N–H and O–H groups in total. The Hall–Kier alpha value is -2.69. The predicted molar refractivity (Wildman–Crippen MR) is 74.1 cm³/mol. The summed E-state index contributed by atoms with van der Waals surface area (Å²) in [6, 6.07) is 4.99. The maximum Gasteiger partial charge on any atom is 0.514 e. The highest BCUT2D eigenvalue weighted by Gasteiger charge is 2.35. The molecule has 0 aliphatic carbocycles. The van der Waals surface area contributed by atoms with Gasteiger partial charge >= 0.3 is 6.16 Å². The molecule has 1 aliphatic heterocycles. The fraction of sp³-hybridized carbons (Fsp3) is 0.308. The third-order valence-corrected chi connectivity index (χ3v) is 2.72. The zero-order valence-corrected chi connectivity index (χ0v) is 12.1. The normalized spacial score (nSPS) is 19.2. The summed E-state index contributed by atoms with van der Waals surface area (Å²) < 4.78 is 19.9. The monoisotopic (exact) mass is 326 g/mol. The van der Waals surface area contributed by atoms with Crippen LogP contribution < -0.4 is 10.2 Å². The van der Waals surface area contributed by atoms with Crippen LogP contribution in [-0.2, 0) is 19.0 Å². The lowest BCUT2D eigenvalue weighted by molar-refractivity contribution is -0.384. The molecule has 0 saturated heterocycles. The van der Waals surface area contributed by atoms with Crippen molar-refractivity contribution in [3.05, 3.63) is 46.7 Å². The second kappa shape index (κ2) is 7.54. The van der Waals surface area contributed by atoms with Gasteiger partial charge in [-0.05, 0) is 12.1 Å². The van der Waals surface area contributed by atoms with Crippen LogP contribution in [0, 0.1) is 10.1 Å². The summed E-state index contributed by atoms with van der Waals surface area (Å²) in [5.74, 6) is 0.110. The molecule has 0 fully saturated rings. The van der Waals surface area contributed by atoms with E-state index in [1.807, 2.05) is 0 Å². The van der Waals surface area contributed by atoms with Crippen molar-refractivity contribution in [2.45, 2.75) is 5.72 Å². The van der Waals surface area contributed by atoms with Crippen LogP contribution in [0.25, 0.3) is 0 Å². The molecule has 23 heavy (non-hydrogen) atoms. The van der Waals surface area contributed by atoms with Gasteiger partial charge in [-0.3, -0.25) is 10.1 Å². The molecule has 1 heterocycles. The molecule has 0 aromatic heterocycles. The number of carbonyl (C=O) groups is 1. The zero-order valence-electron chi connectivity index (χ0n) is 12.1. The van der Waals surface area contributed by atoms with E-state index in [1.165, 1.54) is 43.7 Å². The van der Waals surface area contributed by atoms with Crippen LogP contribution in [0.2, 0.25) is 0 Å².